The molecule has 0 bridgehead atoms. The average Bonchev–Trinajstić information content (AvgIpc) is 3.51. The molecule has 0 fully saturated rings. The van der Waals surface area contributed by atoms with Crippen LogP contribution in [0.2, 0.25) is 5.02 Å². The van der Waals surface area contributed by atoms with Crippen LogP contribution in [0.15, 0.2) is 61.2 Å². The smallest absolute Gasteiger partial charge is 0.325 e. The Labute approximate surface area is 205 Å². The van der Waals surface area contributed by atoms with Crippen molar-refractivity contribution >= 4 is 34.1 Å². The largest absolute Gasteiger partial charge is 0.434 e. The molecule has 5 aromatic rings. The molecular weight excluding hydrogens is 499 g/mol. The van der Waals surface area contributed by atoms with E-state index in [9.17, 15) is 18.0 Å². The Morgan fingerprint density at radius 2 is 1.92 bits per heavy atom. The second kappa shape index (κ2) is 9.02. The average molecular weight is 514 g/mol. The number of fused-ring (bicyclic) bond motifs is 1. The van der Waals surface area contributed by atoms with Gasteiger partial charge in [0.05, 0.1) is 51.8 Å². The van der Waals surface area contributed by atoms with E-state index in [4.69, 9.17) is 17.3 Å². The molecule has 182 valence electrons. The van der Waals surface area contributed by atoms with Crippen LogP contribution in [0.1, 0.15) is 21.7 Å². The van der Waals surface area contributed by atoms with Gasteiger partial charge < -0.3 is 11.1 Å². The maximum Gasteiger partial charge on any atom is 0.434 e. The summed E-state index contributed by atoms with van der Waals surface area (Å²) in [5.74, 6) is -0.845. The monoisotopic (exact) mass is 513 g/mol. The van der Waals surface area contributed by atoms with E-state index in [0.29, 0.717) is 21.3 Å². The van der Waals surface area contributed by atoms with Gasteiger partial charge in [0, 0.05) is 18.1 Å². The molecule has 0 saturated heterocycles. The van der Waals surface area contributed by atoms with Crippen LogP contribution in [0, 0.1) is 0 Å². The summed E-state index contributed by atoms with van der Waals surface area (Å²) in [6.45, 7) is 0.125. The van der Waals surface area contributed by atoms with Gasteiger partial charge in [0.2, 0.25) is 0 Å². The third kappa shape index (κ3) is 4.14. The Balaban J connectivity index is 1.51. The summed E-state index contributed by atoms with van der Waals surface area (Å²) in [4.78, 5) is 21.2. The number of nitrogens with two attached hydrogens (primary N) is 1. The number of carbonyl (C=O) groups excluding carboxylic acids is 1. The lowest BCUT2D eigenvalue weighted by molar-refractivity contribution is -0.143. The SMILES string of the molecule is NCc1cnnn1-c1ncc(NC(=O)c2cnn(-c3cccc4ncccc34)c2C(F)(F)F)cc1Cl. The van der Waals surface area contributed by atoms with Gasteiger partial charge in [-0.25, -0.2) is 9.67 Å². The van der Waals surface area contributed by atoms with Crippen LogP contribution >= 0.6 is 11.6 Å². The van der Waals surface area contributed by atoms with Crippen molar-refractivity contribution in [3.63, 3.8) is 0 Å². The second-order valence-electron chi connectivity index (χ2n) is 7.49. The number of nitrogens with zero attached hydrogens (tertiary/aromatic N) is 7. The van der Waals surface area contributed by atoms with E-state index in [1.165, 1.54) is 35.4 Å². The number of aromatic nitrogens is 7. The highest BCUT2D eigenvalue weighted by Gasteiger charge is 2.41. The molecule has 10 nitrogen and oxygen atoms in total. The Hall–Kier alpha value is -4.36. The third-order valence-electron chi connectivity index (χ3n) is 5.24. The minimum Gasteiger partial charge on any atom is -0.325 e. The van der Waals surface area contributed by atoms with Crippen LogP contribution in [0.5, 0.6) is 0 Å². The van der Waals surface area contributed by atoms with Crippen LogP contribution in [-0.2, 0) is 12.7 Å². The third-order valence-corrected chi connectivity index (χ3v) is 5.52. The number of benzene rings is 1. The number of amides is 1. The fourth-order valence-electron chi connectivity index (χ4n) is 3.67. The maximum atomic E-state index is 14.2. The van der Waals surface area contributed by atoms with Gasteiger partial charge in [-0.1, -0.05) is 22.9 Å². The van der Waals surface area contributed by atoms with Crippen LogP contribution in [0.3, 0.4) is 0 Å². The number of halogens is 4. The zero-order valence-corrected chi connectivity index (χ0v) is 18.9. The topological polar surface area (TPSA) is 129 Å². The molecule has 14 heteroatoms. The van der Waals surface area contributed by atoms with Crippen molar-refractivity contribution in [1.29, 1.82) is 0 Å². The highest BCUT2D eigenvalue weighted by molar-refractivity contribution is 6.32. The van der Waals surface area contributed by atoms with E-state index < -0.39 is 23.3 Å². The van der Waals surface area contributed by atoms with E-state index >= 15 is 0 Å². The Morgan fingerprint density at radius 3 is 2.67 bits per heavy atom. The van der Waals surface area contributed by atoms with Crippen LogP contribution in [0.25, 0.3) is 22.4 Å². The zero-order chi connectivity index (χ0) is 25.4. The van der Waals surface area contributed by atoms with Crippen molar-refractivity contribution < 1.29 is 18.0 Å². The summed E-state index contributed by atoms with van der Waals surface area (Å²) in [7, 11) is 0. The normalized spacial score (nSPS) is 11.7. The van der Waals surface area contributed by atoms with Gasteiger partial charge in [-0.15, -0.1) is 5.10 Å². The lowest BCUT2D eigenvalue weighted by atomic mass is 10.1. The quantitative estimate of drug-likeness (QED) is 0.366. The van der Waals surface area contributed by atoms with E-state index in [1.54, 1.807) is 24.3 Å². The number of nitrogens with one attached hydrogen (secondary N) is 1. The molecule has 4 heterocycles. The molecule has 1 aromatic carbocycles. The molecule has 0 unspecified atom stereocenters. The van der Waals surface area contributed by atoms with Crippen molar-refractivity contribution in [2.75, 3.05) is 5.32 Å². The first kappa shape index (κ1) is 23.4. The molecule has 4 aromatic heterocycles. The van der Waals surface area contributed by atoms with Crippen molar-refractivity contribution in [3.05, 3.63) is 83.2 Å². The number of hydrogen-bond acceptors (Lipinski definition) is 7. The fraction of sp³-hybridized carbons (Fsp3) is 0.0909. The summed E-state index contributed by atoms with van der Waals surface area (Å²) >= 11 is 6.28. The molecule has 5 rings (SSSR count). The number of pyridine rings is 2. The molecule has 1 amide bonds. The predicted octanol–water partition coefficient (Wildman–Crippen LogP) is 3.78. The van der Waals surface area contributed by atoms with Crippen LogP contribution < -0.4 is 11.1 Å². The second-order valence-corrected chi connectivity index (χ2v) is 7.90. The van der Waals surface area contributed by atoms with E-state index in [1.807, 2.05) is 0 Å². The number of anilines is 1. The van der Waals surface area contributed by atoms with Crippen molar-refractivity contribution in [1.82, 2.24) is 34.7 Å². The Morgan fingerprint density at radius 1 is 1.08 bits per heavy atom. The van der Waals surface area contributed by atoms with Gasteiger partial charge in [-0.2, -0.15) is 23.0 Å². The standard InChI is InChI=1S/C22H15ClF3N9O/c23-16-7-12(9-29-20(16)34-13(8-27)10-30-33-34)32-21(36)15-11-31-35(19(15)22(24,25)26)18-5-1-4-17-14(18)3-2-6-28-17/h1-7,9-11H,8,27H2,(H,32,36). The molecule has 3 N–H and O–H groups in total. The Kier molecular flexibility index (Phi) is 5.86. The predicted molar refractivity (Wildman–Crippen MR) is 124 cm³/mol. The van der Waals surface area contributed by atoms with Crippen molar-refractivity contribution in [2.24, 2.45) is 5.73 Å². The minimum absolute atomic E-state index is 0.0680. The molecule has 0 aliphatic rings. The highest BCUT2D eigenvalue weighted by atomic mass is 35.5. The summed E-state index contributed by atoms with van der Waals surface area (Å²) in [5, 5.41) is 14.4. The summed E-state index contributed by atoms with van der Waals surface area (Å²) in [6.07, 6.45) is 0.173. The highest BCUT2D eigenvalue weighted by Crippen LogP contribution is 2.35. The molecule has 0 atom stereocenters. The van der Waals surface area contributed by atoms with Gasteiger partial charge in [0.1, 0.15) is 0 Å². The fourth-order valence-corrected chi connectivity index (χ4v) is 3.92. The number of carbonyl (C=O) groups is 1. The minimum atomic E-state index is -4.89. The molecule has 0 aliphatic carbocycles. The Bertz CT molecular complexity index is 1590. The van der Waals surface area contributed by atoms with Gasteiger partial charge in [-0.3, -0.25) is 9.78 Å². The lowest BCUT2D eigenvalue weighted by Crippen LogP contribution is -2.21. The van der Waals surface area contributed by atoms with E-state index in [2.05, 4.69) is 30.7 Å². The number of alkyl halides is 3. The molecule has 0 saturated carbocycles. The summed E-state index contributed by atoms with van der Waals surface area (Å²) in [5.41, 5.74) is 4.94. The molecular formula is C22H15ClF3N9O. The van der Waals surface area contributed by atoms with E-state index in [-0.39, 0.29) is 28.8 Å². The number of rotatable bonds is 5. The van der Waals surface area contributed by atoms with Gasteiger partial charge >= 0.3 is 6.18 Å². The van der Waals surface area contributed by atoms with Crippen molar-refractivity contribution in [2.45, 2.75) is 12.7 Å². The van der Waals surface area contributed by atoms with Gasteiger partial charge in [0.15, 0.2) is 11.5 Å². The maximum absolute atomic E-state index is 14.2. The van der Waals surface area contributed by atoms with Gasteiger partial charge in [0.25, 0.3) is 5.91 Å². The van der Waals surface area contributed by atoms with Crippen LogP contribution in [0.4, 0.5) is 18.9 Å². The molecule has 0 aliphatic heterocycles. The zero-order valence-electron chi connectivity index (χ0n) is 18.1. The van der Waals surface area contributed by atoms with Gasteiger partial charge in [-0.05, 0) is 30.3 Å². The molecule has 36 heavy (non-hydrogen) atoms. The first-order valence-corrected chi connectivity index (χ1v) is 10.7. The summed E-state index contributed by atoms with van der Waals surface area (Å²) in [6, 6.07) is 9.26. The lowest BCUT2D eigenvalue weighted by Gasteiger charge is -2.14. The summed E-state index contributed by atoms with van der Waals surface area (Å²) < 4.78 is 44.5. The molecule has 0 spiro atoms. The van der Waals surface area contributed by atoms with Crippen LogP contribution in [-0.4, -0.2) is 40.6 Å². The van der Waals surface area contributed by atoms with E-state index in [0.717, 1.165) is 6.20 Å². The van der Waals surface area contributed by atoms with Crippen molar-refractivity contribution in [3.8, 4) is 11.5 Å². The number of hydrogen-bond donors (Lipinski definition) is 2. The first-order valence-electron chi connectivity index (χ1n) is 10.3. The molecule has 0 radical (unpaired) electrons. The first-order chi connectivity index (χ1) is 17.3.